The number of piperazine rings is 1. The topological polar surface area (TPSA) is 142 Å². The van der Waals surface area contributed by atoms with Gasteiger partial charge in [-0.3, -0.25) is 18.2 Å². The van der Waals surface area contributed by atoms with E-state index < -0.39 is 45.9 Å². The van der Waals surface area contributed by atoms with Gasteiger partial charge in [0.05, 0.1) is 29.7 Å². The highest BCUT2D eigenvalue weighted by molar-refractivity contribution is 7.80. The Morgan fingerprint density at radius 3 is 2.67 bits per heavy atom. The summed E-state index contributed by atoms with van der Waals surface area (Å²) in [5, 5.41) is 9.03. The maximum Gasteiger partial charge on any atom is 0.329 e. The molecular formula is C25H28F2N5O6S-. The smallest absolute Gasteiger partial charge is 0.329 e. The molecule has 1 aromatic carbocycles. The number of rotatable bonds is 12. The number of carbonyl (C=O) groups excluding carboxylic acids is 1. The quantitative estimate of drug-likeness (QED) is 0.193. The van der Waals surface area contributed by atoms with Crippen LogP contribution in [0.15, 0.2) is 30.6 Å². The van der Waals surface area contributed by atoms with Crippen LogP contribution in [0.4, 0.5) is 20.2 Å². The van der Waals surface area contributed by atoms with E-state index in [0.717, 1.165) is 22.1 Å². The van der Waals surface area contributed by atoms with Crippen molar-refractivity contribution in [1.82, 2.24) is 14.9 Å². The molecule has 0 saturated carbocycles. The van der Waals surface area contributed by atoms with Crippen LogP contribution in [0.25, 0.3) is 11.0 Å². The lowest BCUT2D eigenvalue weighted by Crippen LogP contribution is -2.47. The van der Waals surface area contributed by atoms with Crippen LogP contribution in [0.3, 0.4) is 0 Å². The number of fused-ring (bicyclic) bond motifs is 1. The minimum Gasteiger partial charge on any atom is -0.755 e. The zero-order chi connectivity index (χ0) is 28.1. The SMILES string of the molecule is CCCN(c1ccc(F)c(C(=O)c2c[nH]c3ncc(N4CCN(CCOCC(=O)O)CC4)cc23)c1F)S(=O)[O-]. The van der Waals surface area contributed by atoms with Crippen molar-refractivity contribution in [3.05, 3.63) is 53.4 Å². The molecule has 1 unspecified atom stereocenters. The zero-order valence-electron chi connectivity index (χ0n) is 21.2. The normalized spacial score (nSPS) is 15.0. The second-order valence-corrected chi connectivity index (χ2v) is 9.85. The van der Waals surface area contributed by atoms with Gasteiger partial charge in [-0.25, -0.2) is 18.6 Å². The molecule has 4 rings (SSSR count). The first kappa shape index (κ1) is 28.5. The van der Waals surface area contributed by atoms with E-state index in [2.05, 4.69) is 19.8 Å². The van der Waals surface area contributed by atoms with E-state index in [4.69, 9.17) is 9.84 Å². The predicted molar refractivity (Wildman–Crippen MR) is 140 cm³/mol. The molecule has 14 heteroatoms. The molecule has 2 aromatic heterocycles. The Morgan fingerprint density at radius 1 is 1.26 bits per heavy atom. The van der Waals surface area contributed by atoms with Gasteiger partial charge in [0.2, 0.25) is 5.78 Å². The molecule has 1 saturated heterocycles. The van der Waals surface area contributed by atoms with E-state index in [9.17, 15) is 22.7 Å². The van der Waals surface area contributed by atoms with E-state index >= 15 is 4.39 Å². The van der Waals surface area contributed by atoms with E-state index in [1.54, 1.807) is 19.2 Å². The molecule has 39 heavy (non-hydrogen) atoms. The number of carboxylic acid groups (broad SMARTS) is 1. The van der Waals surface area contributed by atoms with E-state index in [0.29, 0.717) is 56.8 Å². The van der Waals surface area contributed by atoms with Crippen molar-refractivity contribution < 1.29 is 37.0 Å². The van der Waals surface area contributed by atoms with Gasteiger partial charge in [-0.15, -0.1) is 0 Å². The van der Waals surface area contributed by atoms with Crippen LogP contribution in [-0.4, -0.2) is 93.0 Å². The number of hydrogen-bond donors (Lipinski definition) is 2. The zero-order valence-corrected chi connectivity index (χ0v) is 22.0. The third kappa shape index (κ3) is 6.41. The fourth-order valence-electron chi connectivity index (χ4n) is 4.49. The van der Waals surface area contributed by atoms with Gasteiger partial charge in [-0.1, -0.05) is 6.92 Å². The maximum absolute atomic E-state index is 15.4. The highest BCUT2D eigenvalue weighted by Gasteiger charge is 2.27. The van der Waals surface area contributed by atoms with E-state index in [1.165, 1.54) is 6.20 Å². The Labute approximate surface area is 225 Å². The fraction of sp³-hybridized carbons (Fsp3) is 0.400. The van der Waals surface area contributed by atoms with Gasteiger partial charge < -0.3 is 24.3 Å². The molecule has 3 heterocycles. The molecule has 0 radical (unpaired) electrons. The number of ketones is 1. The van der Waals surface area contributed by atoms with Crippen LogP contribution in [0.5, 0.6) is 0 Å². The van der Waals surface area contributed by atoms with E-state index in [1.807, 2.05) is 0 Å². The minimum atomic E-state index is -2.81. The number of aromatic nitrogens is 2. The van der Waals surface area contributed by atoms with Crippen molar-refractivity contribution in [3.63, 3.8) is 0 Å². The molecule has 0 aliphatic carbocycles. The largest absolute Gasteiger partial charge is 0.755 e. The lowest BCUT2D eigenvalue weighted by atomic mass is 10.0. The summed E-state index contributed by atoms with van der Waals surface area (Å²) in [7, 11) is 0. The van der Waals surface area contributed by atoms with Crippen molar-refractivity contribution in [2.24, 2.45) is 0 Å². The second kappa shape index (κ2) is 12.6. The summed E-state index contributed by atoms with van der Waals surface area (Å²) in [6, 6.07) is 3.61. The minimum absolute atomic E-state index is 0.00815. The third-order valence-corrected chi connectivity index (χ3v) is 7.19. The molecule has 1 aliphatic rings. The van der Waals surface area contributed by atoms with Gasteiger partial charge in [0.25, 0.3) is 0 Å². The van der Waals surface area contributed by atoms with Crippen molar-refractivity contribution in [2.75, 3.05) is 61.7 Å². The van der Waals surface area contributed by atoms with Crippen LogP contribution in [0.2, 0.25) is 0 Å². The highest BCUT2D eigenvalue weighted by Crippen LogP contribution is 2.30. The van der Waals surface area contributed by atoms with Crippen molar-refractivity contribution in [3.8, 4) is 0 Å². The van der Waals surface area contributed by atoms with Crippen LogP contribution in [-0.2, 0) is 20.8 Å². The number of halogens is 2. The van der Waals surface area contributed by atoms with Gasteiger partial charge >= 0.3 is 5.97 Å². The summed E-state index contributed by atoms with van der Waals surface area (Å²) < 4.78 is 59.3. The number of ether oxygens (including phenoxy) is 1. The summed E-state index contributed by atoms with van der Waals surface area (Å²) in [4.78, 5) is 35.4. The van der Waals surface area contributed by atoms with Crippen molar-refractivity contribution >= 4 is 45.4 Å². The number of carboxylic acids is 1. The molecule has 1 atom stereocenters. The van der Waals surface area contributed by atoms with E-state index in [-0.39, 0.29) is 18.7 Å². The van der Waals surface area contributed by atoms with Gasteiger partial charge in [0, 0.05) is 67.7 Å². The molecule has 11 nitrogen and oxygen atoms in total. The Morgan fingerprint density at radius 2 is 2.00 bits per heavy atom. The lowest BCUT2D eigenvalue weighted by molar-refractivity contribution is -0.142. The molecule has 210 valence electrons. The molecule has 1 fully saturated rings. The second-order valence-electron chi connectivity index (χ2n) is 8.97. The number of benzene rings is 1. The predicted octanol–water partition coefficient (Wildman–Crippen LogP) is 2.31. The monoisotopic (exact) mass is 564 g/mol. The summed E-state index contributed by atoms with van der Waals surface area (Å²) in [6.45, 7) is 4.93. The van der Waals surface area contributed by atoms with Crippen LogP contribution in [0.1, 0.15) is 29.3 Å². The average molecular weight is 565 g/mol. The van der Waals surface area contributed by atoms with Crippen molar-refractivity contribution in [2.45, 2.75) is 13.3 Å². The Bertz CT molecular complexity index is 1380. The first-order chi connectivity index (χ1) is 18.7. The van der Waals surface area contributed by atoms with Crippen LogP contribution >= 0.6 is 0 Å². The molecular weight excluding hydrogens is 536 g/mol. The third-order valence-electron chi connectivity index (χ3n) is 6.45. The number of carbonyl (C=O) groups is 2. The van der Waals surface area contributed by atoms with Crippen molar-refractivity contribution in [1.29, 1.82) is 0 Å². The summed E-state index contributed by atoms with van der Waals surface area (Å²) in [5.41, 5.74) is -0.150. The van der Waals surface area contributed by atoms with Gasteiger partial charge in [-0.05, 0) is 24.6 Å². The standard InChI is InChI=1S/C25H29F2N5O6S/c1-2-5-32(39(36)37)20-4-3-19(26)22(23(20)27)24(35)18-14-29-25-17(18)12-16(13-28-25)31-8-6-30(7-9-31)10-11-38-15-21(33)34/h3-4,12-14H,2,5-11,15H2,1H3,(H,28,29)(H,33,34)(H,36,37)/p-1. The number of hydrogen-bond acceptors (Lipinski definition) is 8. The number of anilines is 2. The highest BCUT2D eigenvalue weighted by atomic mass is 32.2. The lowest BCUT2D eigenvalue weighted by Gasteiger charge is -2.35. The number of nitrogens with one attached hydrogen (secondary N) is 1. The molecule has 0 bridgehead atoms. The van der Waals surface area contributed by atoms with Gasteiger partial charge in [0.15, 0.2) is 5.82 Å². The van der Waals surface area contributed by atoms with Gasteiger partial charge in [-0.2, -0.15) is 0 Å². The summed E-state index contributed by atoms with van der Waals surface area (Å²) >= 11 is -2.81. The Kier molecular flexibility index (Phi) is 9.22. The molecule has 1 aliphatic heterocycles. The Hall–Kier alpha value is -3.46. The summed E-state index contributed by atoms with van der Waals surface area (Å²) in [5.74, 6) is -4.30. The maximum atomic E-state index is 15.4. The number of H-pyrrole nitrogens is 1. The first-order valence-electron chi connectivity index (χ1n) is 12.3. The molecule has 3 aromatic rings. The molecule has 0 spiro atoms. The molecule has 2 N–H and O–H groups in total. The van der Waals surface area contributed by atoms with Crippen LogP contribution < -0.4 is 9.21 Å². The number of nitrogens with zero attached hydrogens (tertiary/aromatic N) is 4. The Balaban J connectivity index is 1.55. The van der Waals surface area contributed by atoms with Gasteiger partial charge in [0.1, 0.15) is 18.1 Å². The molecule has 0 amide bonds. The first-order valence-corrected chi connectivity index (χ1v) is 13.4. The fourth-order valence-corrected chi connectivity index (χ4v) is 5.12. The van der Waals surface area contributed by atoms with Crippen LogP contribution in [0, 0.1) is 11.6 Å². The summed E-state index contributed by atoms with van der Waals surface area (Å²) in [6.07, 6.45) is 3.37. The number of pyridine rings is 1. The average Bonchev–Trinajstić information content (AvgIpc) is 3.34. The number of aromatic amines is 1. The number of aliphatic carboxylic acids is 1.